The smallest absolute Gasteiger partial charge is 0.235 e. The Morgan fingerprint density at radius 3 is 2.31 bits per heavy atom. The van der Waals surface area contributed by atoms with Crippen LogP contribution in [-0.4, -0.2) is 35.7 Å². The van der Waals surface area contributed by atoms with E-state index in [0.717, 1.165) is 19.3 Å². The van der Waals surface area contributed by atoms with Crippen LogP contribution >= 0.6 is 0 Å². The van der Waals surface area contributed by atoms with E-state index in [4.69, 9.17) is 9.47 Å². The van der Waals surface area contributed by atoms with Gasteiger partial charge in [0.1, 0.15) is 11.2 Å². The minimum atomic E-state index is -1.02. The topological polar surface area (TPSA) is 64.6 Å². The lowest BCUT2D eigenvalue weighted by atomic mass is 9.54. The lowest BCUT2D eigenvalue weighted by Crippen LogP contribution is -2.52. The molecule has 7 atom stereocenters. The second-order valence-corrected chi connectivity index (χ2v) is 11.6. The fourth-order valence-corrected chi connectivity index (χ4v) is 6.84. The van der Waals surface area contributed by atoms with Crippen LogP contribution < -0.4 is 5.32 Å². The van der Waals surface area contributed by atoms with Crippen molar-refractivity contribution in [2.45, 2.75) is 105 Å². The zero-order valence-corrected chi connectivity index (χ0v) is 20.9. The summed E-state index contributed by atoms with van der Waals surface area (Å²) in [7, 11) is 0. The van der Waals surface area contributed by atoms with Gasteiger partial charge in [0, 0.05) is 24.3 Å². The standard InChI is InChI=1S/C27H41NO4/c1-15(2)12-20-24-18(5)17(4)14-19-13-16(3)8-9-21-22(32-26(6,7)31-21)10-11-23(29)27(19,24)25(30)28-20/h13-15,18-22,24H,8-12H2,1-7H3,(H,28,30)/b16-13-/t18-,19+,20+,21+,22+,24+,27-/m1/s1. The molecule has 0 bridgehead atoms. The highest BCUT2D eigenvalue weighted by molar-refractivity contribution is 6.09. The van der Waals surface area contributed by atoms with Gasteiger partial charge in [-0.25, -0.2) is 0 Å². The number of carbonyl (C=O) groups excluding carboxylic acids is 2. The van der Waals surface area contributed by atoms with E-state index in [1.54, 1.807) is 0 Å². The summed E-state index contributed by atoms with van der Waals surface area (Å²) in [4.78, 5) is 27.9. The summed E-state index contributed by atoms with van der Waals surface area (Å²) in [5.74, 6) is -0.186. The Morgan fingerprint density at radius 2 is 1.69 bits per heavy atom. The highest BCUT2D eigenvalue weighted by Gasteiger charge is 2.65. The monoisotopic (exact) mass is 443 g/mol. The van der Waals surface area contributed by atoms with Gasteiger partial charge in [-0.15, -0.1) is 0 Å². The second-order valence-electron chi connectivity index (χ2n) is 11.6. The maximum Gasteiger partial charge on any atom is 0.235 e. The Hall–Kier alpha value is -1.46. The fourth-order valence-electron chi connectivity index (χ4n) is 6.84. The normalized spacial score (nSPS) is 43.4. The van der Waals surface area contributed by atoms with E-state index in [9.17, 15) is 9.59 Å². The van der Waals surface area contributed by atoms with Gasteiger partial charge in [-0.3, -0.25) is 9.59 Å². The predicted molar refractivity (Wildman–Crippen MR) is 125 cm³/mol. The molecule has 2 fully saturated rings. The third-order valence-electron chi connectivity index (χ3n) is 8.29. The number of allylic oxidation sites excluding steroid dienone is 4. The van der Waals surface area contributed by atoms with Crippen LogP contribution in [0.3, 0.4) is 0 Å². The maximum atomic E-state index is 14.1. The van der Waals surface area contributed by atoms with Gasteiger partial charge in [0.25, 0.3) is 0 Å². The van der Waals surface area contributed by atoms with Gasteiger partial charge in [0.15, 0.2) is 5.79 Å². The number of hydrogen-bond acceptors (Lipinski definition) is 4. The summed E-state index contributed by atoms with van der Waals surface area (Å²) in [5, 5.41) is 3.29. The molecule has 0 unspecified atom stereocenters. The molecule has 5 nitrogen and oxygen atoms in total. The summed E-state index contributed by atoms with van der Waals surface area (Å²) in [6.45, 7) is 14.7. The molecule has 4 aliphatic rings. The van der Waals surface area contributed by atoms with E-state index < -0.39 is 11.2 Å². The van der Waals surface area contributed by atoms with Crippen LogP contribution in [0.2, 0.25) is 0 Å². The van der Waals surface area contributed by atoms with Crippen molar-refractivity contribution in [1.82, 2.24) is 5.32 Å². The van der Waals surface area contributed by atoms with Crippen molar-refractivity contribution in [1.29, 1.82) is 0 Å². The van der Waals surface area contributed by atoms with Crippen molar-refractivity contribution < 1.29 is 19.1 Å². The fraction of sp³-hybridized carbons (Fsp3) is 0.778. The molecule has 4 rings (SSSR count). The molecule has 0 aromatic carbocycles. The van der Waals surface area contributed by atoms with E-state index in [-0.39, 0.29) is 47.7 Å². The van der Waals surface area contributed by atoms with Gasteiger partial charge in [-0.1, -0.05) is 44.1 Å². The number of Topliss-reactive ketones (excluding diaryl/α,β-unsaturated/α-hetero) is 1. The van der Waals surface area contributed by atoms with Gasteiger partial charge < -0.3 is 14.8 Å². The number of rotatable bonds is 2. The molecule has 0 saturated carbocycles. The van der Waals surface area contributed by atoms with E-state index in [1.807, 2.05) is 13.8 Å². The molecule has 0 aromatic rings. The molecule has 32 heavy (non-hydrogen) atoms. The molecule has 2 aliphatic carbocycles. The number of hydrogen-bond donors (Lipinski definition) is 1. The predicted octanol–water partition coefficient (Wildman–Crippen LogP) is 4.96. The second kappa shape index (κ2) is 8.39. The minimum Gasteiger partial charge on any atom is -0.352 e. The van der Waals surface area contributed by atoms with Crippen LogP contribution in [0.15, 0.2) is 23.3 Å². The van der Waals surface area contributed by atoms with Crippen LogP contribution in [0.5, 0.6) is 0 Å². The maximum absolute atomic E-state index is 14.1. The molecule has 5 heteroatoms. The molecule has 2 saturated heterocycles. The minimum absolute atomic E-state index is 0.0160. The number of ether oxygens (including phenoxy) is 2. The Balaban J connectivity index is 1.78. The summed E-state index contributed by atoms with van der Waals surface area (Å²) < 4.78 is 12.4. The quantitative estimate of drug-likeness (QED) is 0.484. The zero-order chi connectivity index (χ0) is 23.4. The Labute approximate surface area is 193 Å². The summed E-state index contributed by atoms with van der Waals surface area (Å²) in [5.41, 5.74) is 1.49. The summed E-state index contributed by atoms with van der Waals surface area (Å²) in [6, 6.07) is 0.0316. The molecule has 1 spiro atoms. The van der Waals surface area contributed by atoms with Gasteiger partial charge in [-0.2, -0.15) is 0 Å². The van der Waals surface area contributed by atoms with Crippen molar-refractivity contribution in [3.05, 3.63) is 23.3 Å². The van der Waals surface area contributed by atoms with Crippen molar-refractivity contribution in [2.75, 3.05) is 0 Å². The van der Waals surface area contributed by atoms with Gasteiger partial charge >= 0.3 is 0 Å². The molecular formula is C27H41NO4. The van der Waals surface area contributed by atoms with E-state index in [0.29, 0.717) is 18.8 Å². The SMILES string of the molecule is CC1=C[C@@H]2/C=C(/C)CC[C@@H]3OC(C)(C)O[C@H]3CCC(=O)[C@]23C(=O)N[C@@H](CC(C)C)[C@@H]3[C@@H]1C. The Bertz CT molecular complexity index is 841. The Kier molecular flexibility index (Phi) is 6.21. The number of amides is 1. The van der Waals surface area contributed by atoms with Gasteiger partial charge in [-0.05, 0) is 65.2 Å². The first kappa shape index (κ1) is 23.7. The average Bonchev–Trinajstić information content (AvgIpc) is 3.14. The number of ketones is 1. The molecule has 178 valence electrons. The van der Waals surface area contributed by atoms with E-state index >= 15 is 0 Å². The first-order valence-electron chi connectivity index (χ1n) is 12.5. The molecular weight excluding hydrogens is 402 g/mol. The molecule has 2 aliphatic heterocycles. The van der Waals surface area contributed by atoms with Crippen molar-refractivity contribution in [3.63, 3.8) is 0 Å². The number of nitrogens with one attached hydrogen (secondary N) is 1. The molecule has 0 radical (unpaired) electrons. The first-order valence-corrected chi connectivity index (χ1v) is 12.5. The lowest BCUT2D eigenvalue weighted by Gasteiger charge is -2.45. The number of fused-ring (bicyclic) bond motifs is 1. The molecule has 0 aromatic heterocycles. The van der Waals surface area contributed by atoms with Crippen LogP contribution in [0.4, 0.5) is 0 Å². The van der Waals surface area contributed by atoms with Crippen molar-refractivity contribution in [3.8, 4) is 0 Å². The van der Waals surface area contributed by atoms with E-state index in [1.165, 1.54) is 11.1 Å². The van der Waals surface area contributed by atoms with Gasteiger partial charge in [0.2, 0.25) is 5.91 Å². The molecule has 1 N–H and O–H groups in total. The lowest BCUT2D eigenvalue weighted by molar-refractivity contribution is -0.151. The first-order chi connectivity index (χ1) is 15.0. The largest absolute Gasteiger partial charge is 0.352 e. The highest BCUT2D eigenvalue weighted by atomic mass is 16.7. The Morgan fingerprint density at radius 1 is 1.06 bits per heavy atom. The van der Waals surface area contributed by atoms with Crippen LogP contribution in [-0.2, 0) is 19.1 Å². The summed E-state index contributed by atoms with van der Waals surface area (Å²) in [6.07, 6.45) is 7.89. The van der Waals surface area contributed by atoms with Crippen LogP contribution in [0.1, 0.15) is 80.6 Å². The highest BCUT2D eigenvalue weighted by Crippen LogP contribution is 2.55. The van der Waals surface area contributed by atoms with Crippen LogP contribution in [0, 0.1) is 29.1 Å². The third kappa shape index (κ3) is 3.90. The summed E-state index contributed by atoms with van der Waals surface area (Å²) >= 11 is 0. The van der Waals surface area contributed by atoms with E-state index in [2.05, 4.69) is 52.1 Å². The molecule has 2 heterocycles. The number of carbonyl (C=O) groups is 2. The van der Waals surface area contributed by atoms with Gasteiger partial charge in [0.05, 0.1) is 12.2 Å². The van der Waals surface area contributed by atoms with Crippen LogP contribution in [0.25, 0.3) is 0 Å². The zero-order valence-electron chi connectivity index (χ0n) is 20.9. The van der Waals surface area contributed by atoms with Crippen molar-refractivity contribution in [2.24, 2.45) is 29.1 Å². The molecule has 1 amide bonds. The van der Waals surface area contributed by atoms with Crippen molar-refractivity contribution >= 4 is 11.7 Å². The third-order valence-corrected chi connectivity index (χ3v) is 8.29. The average molecular weight is 444 g/mol.